The topological polar surface area (TPSA) is 48.1 Å². The number of rotatable bonds is 4. The largest absolute Gasteiger partial charge is 0.381 e. The molecule has 1 aromatic rings. The molecule has 0 saturated carbocycles. The van der Waals surface area contributed by atoms with Gasteiger partial charge in [0.15, 0.2) is 0 Å². The van der Waals surface area contributed by atoms with Crippen molar-refractivity contribution in [3.05, 3.63) is 16.1 Å². The molecule has 2 rings (SSSR count). The summed E-state index contributed by atoms with van der Waals surface area (Å²) in [7, 11) is 0. The maximum absolute atomic E-state index is 5.64. The van der Waals surface area contributed by atoms with Gasteiger partial charge in [0, 0.05) is 36.6 Å². The van der Waals surface area contributed by atoms with Crippen LogP contribution in [-0.4, -0.2) is 24.7 Å². The zero-order valence-electron chi connectivity index (χ0n) is 9.11. The summed E-state index contributed by atoms with van der Waals surface area (Å²) in [5.41, 5.74) is 5.64. The van der Waals surface area contributed by atoms with Gasteiger partial charge in [0.05, 0.1) is 5.01 Å². The van der Waals surface area contributed by atoms with Crippen molar-refractivity contribution in [2.75, 3.05) is 19.8 Å². The van der Waals surface area contributed by atoms with Gasteiger partial charge in [0.2, 0.25) is 0 Å². The Morgan fingerprint density at radius 1 is 1.73 bits per heavy atom. The average molecular weight is 226 g/mol. The van der Waals surface area contributed by atoms with Gasteiger partial charge in [-0.3, -0.25) is 0 Å². The lowest BCUT2D eigenvalue weighted by Crippen LogP contribution is -2.07. The Morgan fingerprint density at radius 2 is 2.60 bits per heavy atom. The first-order valence-electron chi connectivity index (χ1n) is 5.52. The first kappa shape index (κ1) is 11.0. The third kappa shape index (κ3) is 2.77. The van der Waals surface area contributed by atoms with Crippen LogP contribution in [0.25, 0.3) is 0 Å². The SMILES string of the molecule is CC(CN)c1cnc(CC2CCOC2)s1. The molecule has 84 valence electrons. The van der Waals surface area contributed by atoms with Crippen molar-refractivity contribution < 1.29 is 4.74 Å². The molecule has 3 nitrogen and oxygen atoms in total. The third-order valence-electron chi connectivity index (χ3n) is 2.90. The van der Waals surface area contributed by atoms with Crippen LogP contribution in [0.1, 0.15) is 29.1 Å². The van der Waals surface area contributed by atoms with E-state index in [0.717, 1.165) is 19.6 Å². The minimum atomic E-state index is 0.441. The second-order valence-electron chi connectivity index (χ2n) is 4.23. The predicted molar refractivity (Wildman–Crippen MR) is 62.2 cm³/mol. The zero-order chi connectivity index (χ0) is 10.7. The lowest BCUT2D eigenvalue weighted by atomic mass is 10.1. The lowest BCUT2D eigenvalue weighted by molar-refractivity contribution is 0.186. The first-order chi connectivity index (χ1) is 7.29. The molecule has 0 radical (unpaired) electrons. The van der Waals surface area contributed by atoms with E-state index in [9.17, 15) is 0 Å². The van der Waals surface area contributed by atoms with Crippen molar-refractivity contribution in [1.82, 2.24) is 4.98 Å². The molecule has 0 spiro atoms. The normalized spacial score (nSPS) is 23.2. The van der Waals surface area contributed by atoms with Crippen molar-refractivity contribution in [3.63, 3.8) is 0 Å². The van der Waals surface area contributed by atoms with Crippen LogP contribution in [-0.2, 0) is 11.2 Å². The molecule has 4 heteroatoms. The molecule has 2 unspecified atom stereocenters. The molecular formula is C11H18N2OS. The summed E-state index contributed by atoms with van der Waals surface area (Å²) in [4.78, 5) is 5.77. The van der Waals surface area contributed by atoms with E-state index in [0.29, 0.717) is 18.4 Å². The van der Waals surface area contributed by atoms with Crippen LogP contribution in [0.4, 0.5) is 0 Å². The van der Waals surface area contributed by atoms with Gasteiger partial charge in [-0.2, -0.15) is 0 Å². The summed E-state index contributed by atoms with van der Waals surface area (Å²) in [6.07, 6.45) is 4.23. The van der Waals surface area contributed by atoms with Crippen molar-refractivity contribution in [3.8, 4) is 0 Å². The fraction of sp³-hybridized carbons (Fsp3) is 0.727. The van der Waals surface area contributed by atoms with E-state index in [-0.39, 0.29) is 0 Å². The minimum Gasteiger partial charge on any atom is -0.381 e. The second kappa shape index (κ2) is 5.05. The van der Waals surface area contributed by atoms with Crippen LogP contribution < -0.4 is 5.73 Å². The Balaban J connectivity index is 1.94. The van der Waals surface area contributed by atoms with Gasteiger partial charge in [0.25, 0.3) is 0 Å². The average Bonchev–Trinajstić information content (AvgIpc) is 2.88. The monoisotopic (exact) mass is 226 g/mol. The molecule has 2 N–H and O–H groups in total. The van der Waals surface area contributed by atoms with E-state index in [1.807, 2.05) is 6.20 Å². The summed E-state index contributed by atoms with van der Waals surface area (Å²) in [5, 5.41) is 1.24. The number of nitrogens with zero attached hydrogens (tertiary/aromatic N) is 1. The van der Waals surface area contributed by atoms with E-state index in [4.69, 9.17) is 10.5 Å². The molecule has 1 aromatic heterocycles. The van der Waals surface area contributed by atoms with Gasteiger partial charge in [-0.15, -0.1) is 11.3 Å². The van der Waals surface area contributed by atoms with Gasteiger partial charge >= 0.3 is 0 Å². The van der Waals surface area contributed by atoms with Crippen molar-refractivity contribution in [2.24, 2.45) is 11.7 Å². The molecule has 2 heterocycles. The molecule has 15 heavy (non-hydrogen) atoms. The standard InChI is InChI=1S/C11H18N2OS/c1-8(5-12)10-6-13-11(15-10)4-9-2-3-14-7-9/h6,8-9H,2-5,7,12H2,1H3. The lowest BCUT2D eigenvalue weighted by Gasteiger charge is -2.04. The highest BCUT2D eigenvalue weighted by atomic mass is 32.1. The maximum Gasteiger partial charge on any atom is 0.0931 e. The van der Waals surface area contributed by atoms with Crippen LogP contribution in [0.2, 0.25) is 0 Å². The van der Waals surface area contributed by atoms with Crippen LogP contribution in [0, 0.1) is 5.92 Å². The van der Waals surface area contributed by atoms with Gasteiger partial charge in [-0.05, 0) is 18.9 Å². The molecule has 0 aromatic carbocycles. The number of hydrogen-bond acceptors (Lipinski definition) is 4. The van der Waals surface area contributed by atoms with Crippen molar-refractivity contribution in [1.29, 1.82) is 0 Å². The fourth-order valence-electron chi connectivity index (χ4n) is 1.75. The summed E-state index contributed by atoms with van der Waals surface area (Å²) < 4.78 is 5.36. The molecule has 2 atom stereocenters. The minimum absolute atomic E-state index is 0.441. The number of ether oxygens (including phenoxy) is 1. The van der Waals surface area contributed by atoms with Gasteiger partial charge < -0.3 is 10.5 Å². The highest BCUT2D eigenvalue weighted by molar-refractivity contribution is 7.11. The van der Waals surface area contributed by atoms with E-state index < -0.39 is 0 Å². The molecule has 0 bridgehead atoms. The van der Waals surface area contributed by atoms with E-state index >= 15 is 0 Å². The Hall–Kier alpha value is -0.450. The Kier molecular flexibility index (Phi) is 3.72. The van der Waals surface area contributed by atoms with E-state index in [1.54, 1.807) is 11.3 Å². The molecule has 1 saturated heterocycles. The van der Waals surface area contributed by atoms with Gasteiger partial charge in [0.1, 0.15) is 0 Å². The zero-order valence-corrected chi connectivity index (χ0v) is 9.93. The summed E-state index contributed by atoms with van der Waals surface area (Å²) >= 11 is 1.81. The van der Waals surface area contributed by atoms with Crippen LogP contribution in [0.3, 0.4) is 0 Å². The highest BCUT2D eigenvalue weighted by Gasteiger charge is 2.18. The second-order valence-corrected chi connectivity index (χ2v) is 5.37. The highest BCUT2D eigenvalue weighted by Crippen LogP contribution is 2.25. The summed E-state index contributed by atoms with van der Waals surface area (Å²) in [6.45, 7) is 4.67. The number of nitrogens with two attached hydrogens (primary N) is 1. The molecule has 0 aliphatic carbocycles. The maximum atomic E-state index is 5.64. The van der Waals surface area contributed by atoms with Crippen LogP contribution in [0.15, 0.2) is 6.20 Å². The quantitative estimate of drug-likeness (QED) is 0.851. The molecule has 1 aliphatic rings. The molecule has 1 aliphatic heterocycles. The van der Waals surface area contributed by atoms with Crippen molar-refractivity contribution in [2.45, 2.75) is 25.7 Å². The number of thiazole rings is 1. The first-order valence-corrected chi connectivity index (χ1v) is 6.33. The third-order valence-corrected chi connectivity index (χ3v) is 4.15. The predicted octanol–water partition coefficient (Wildman–Crippen LogP) is 1.78. The van der Waals surface area contributed by atoms with Gasteiger partial charge in [-0.25, -0.2) is 4.98 Å². The molecular weight excluding hydrogens is 208 g/mol. The van der Waals surface area contributed by atoms with E-state index in [2.05, 4.69) is 11.9 Å². The van der Waals surface area contributed by atoms with Crippen molar-refractivity contribution >= 4 is 11.3 Å². The summed E-state index contributed by atoms with van der Waals surface area (Å²) in [6, 6.07) is 0. The molecule has 1 fully saturated rings. The Morgan fingerprint density at radius 3 is 3.27 bits per heavy atom. The van der Waals surface area contributed by atoms with Crippen LogP contribution in [0.5, 0.6) is 0 Å². The smallest absolute Gasteiger partial charge is 0.0931 e. The number of aromatic nitrogens is 1. The summed E-state index contributed by atoms with van der Waals surface area (Å²) in [5.74, 6) is 1.12. The Bertz CT molecular complexity index is 307. The van der Waals surface area contributed by atoms with E-state index in [1.165, 1.54) is 16.3 Å². The fourth-order valence-corrected chi connectivity index (χ4v) is 2.85. The Labute approximate surface area is 94.7 Å². The van der Waals surface area contributed by atoms with Crippen LogP contribution >= 0.6 is 11.3 Å². The molecule has 0 amide bonds. The number of hydrogen-bond donors (Lipinski definition) is 1. The van der Waals surface area contributed by atoms with Gasteiger partial charge in [-0.1, -0.05) is 6.92 Å².